The molecule has 20 heavy (non-hydrogen) atoms. The molecule has 0 bridgehead atoms. The quantitative estimate of drug-likeness (QED) is 0.811. The van der Waals surface area contributed by atoms with Gasteiger partial charge in [-0.25, -0.2) is 9.97 Å². The van der Waals surface area contributed by atoms with E-state index in [0.29, 0.717) is 5.76 Å². The number of anilines is 1. The Morgan fingerprint density at radius 1 is 1.30 bits per heavy atom. The number of aromatic nitrogens is 2. The van der Waals surface area contributed by atoms with Gasteiger partial charge in [0, 0.05) is 13.1 Å². The predicted molar refractivity (Wildman–Crippen MR) is 67.6 cm³/mol. The van der Waals surface area contributed by atoms with Crippen LogP contribution in [-0.4, -0.2) is 17.0 Å². The molecule has 0 aromatic carbocycles. The van der Waals surface area contributed by atoms with Gasteiger partial charge in [-0.1, -0.05) is 0 Å². The number of nitrogens with zero attached hydrogens (tertiary/aromatic N) is 3. The zero-order valence-corrected chi connectivity index (χ0v) is 11.5. The van der Waals surface area contributed by atoms with Crippen LogP contribution >= 0.6 is 11.6 Å². The second-order valence-corrected chi connectivity index (χ2v) is 4.58. The Balaban J connectivity index is 2.25. The van der Waals surface area contributed by atoms with Crippen molar-refractivity contribution < 1.29 is 17.6 Å². The van der Waals surface area contributed by atoms with Gasteiger partial charge in [0.05, 0.1) is 6.54 Å². The van der Waals surface area contributed by atoms with E-state index < -0.39 is 17.2 Å². The lowest BCUT2D eigenvalue weighted by molar-refractivity contribution is -0.141. The van der Waals surface area contributed by atoms with E-state index in [1.54, 1.807) is 26.1 Å². The fourth-order valence-corrected chi connectivity index (χ4v) is 1.81. The van der Waals surface area contributed by atoms with Crippen LogP contribution in [0.25, 0.3) is 0 Å². The monoisotopic (exact) mass is 305 g/mol. The third kappa shape index (κ3) is 3.41. The average Bonchev–Trinajstić information content (AvgIpc) is 2.72. The number of hydrogen-bond acceptors (Lipinski definition) is 4. The molecule has 0 fully saturated rings. The predicted octanol–water partition coefficient (Wildman–Crippen LogP) is 3.69. The summed E-state index contributed by atoms with van der Waals surface area (Å²) in [4.78, 5) is 8.47. The van der Waals surface area contributed by atoms with Crippen molar-refractivity contribution in [2.24, 2.45) is 0 Å². The molecule has 2 heterocycles. The van der Waals surface area contributed by atoms with Crippen molar-refractivity contribution in [3.05, 3.63) is 40.7 Å². The van der Waals surface area contributed by atoms with Gasteiger partial charge in [-0.3, -0.25) is 0 Å². The van der Waals surface area contributed by atoms with Crippen LogP contribution < -0.4 is 4.90 Å². The summed E-state index contributed by atoms with van der Waals surface area (Å²) in [5.74, 6) is 1.42. The van der Waals surface area contributed by atoms with Crippen LogP contribution in [0.3, 0.4) is 0 Å². The summed E-state index contributed by atoms with van der Waals surface area (Å²) in [6.45, 7) is 2.06. The van der Waals surface area contributed by atoms with E-state index in [2.05, 4.69) is 9.97 Å². The first kappa shape index (κ1) is 14.6. The summed E-state index contributed by atoms with van der Waals surface area (Å²) in [6, 6.07) is 4.37. The third-order valence-corrected chi connectivity index (χ3v) is 2.72. The minimum Gasteiger partial charge on any atom is -0.464 e. The Morgan fingerprint density at radius 2 is 2.00 bits per heavy atom. The van der Waals surface area contributed by atoms with Crippen molar-refractivity contribution in [3.8, 4) is 0 Å². The van der Waals surface area contributed by atoms with Gasteiger partial charge in [0.2, 0.25) is 5.28 Å². The van der Waals surface area contributed by atoms with Gasteiger partial charge in [-0.2, -0.15) is 13.2 Å². The highest BCUT2D eigenvalue weighted by Crippen LogP contribution is 2.30. The first-order chi connectivity index (χ1) is 9.25. The van der Waals surface area contributed by atoms with Gasteiger partial charge in [0.1, 0.15) is 17.3 Å². The number of alkyl halides is 3. The van der Waals surface area contributed by atoms with Crippen LogP contribution in [0.4, 0.5) is 19.0 Å². The average molecular weight is 306 g/mol. The smallest absolute Gasteiger partial charge is 0.433 e. The van der Waals surface area contributed by atoms with E-state index in [-0.39, 0.29) is 12.4 Å². The van der Waals surface area contributed by atoms with E-state index in [4.69, 9.17) is 16.0 Å². The molecule has 0 aliphatic heterocycles. The van der Waals surface area contributed by atoms with Gasteiger partial charge >= 0.3 is 6.18 Å². The topological polar surface area (TPSA) is 42.2 Å². The van der Waals surface area contributed by atoms with Gasteiger partial charge in [-0.15, -0.1) is 0 Å². The van der Waals surface area contributed by atoms with E-state index >= 15 is 0 Å². The second kappa shape index (κ2) is 5.32. The highest BCUT2D eigenvalue weighted by atomic mass is 35.5. The minimum atomic E-state index is -4.57. The Labute approximate surface area is 118 Å². The first-order valence-corrected chi connectivity index (χ1v) is 6.02. The molecule has 8 heteroatoms. The van der Waals surface area contributed by atoms with Crippen molar-refractivity contribution in [2.75, 3.05) is 11.9 Å². The van der Waals surface area contributed by atoms with E-state index in [1.165, 1.54) is 4.90 Å². The van der Waals surface area contributed by atoms with Crippen molar-refractivity contribution >= 4 is 17.4 Å². The second-order valence-electron chi connectivity index (χ2n) is 4.25. The maximum Gasteiger partial charge on any atom is 0.433 e. The molecule has 0 unspecified atom stereocenters. The number of halogens is 4. The largest absolute Gasteiger partial charge is 0.464 e. The van der Waals surface area contributed by atoms with Crippen molar-refractivity contribution in [3.63, 3.8) is 0 Å². The maximum atomic E-state index is 12.7. The molecule has 0 atom stereocenters. The molecule has 2 aromatic rings. The molecule has 2 rings (SSSR count). The van der Waals surface area contributed by atoms with Crippen LogP contribution in [0.15, 0.2) is 22.6 Å². The highest BCUT2D eigenvalue weighted by molar-refractivity contribution is 6.28. The van der Waals surface area contributed by atoms with Crippen LogP contribution in [0.1, 0.15) is 17.2 Å². The Morgan fingerprint density at radius 3 is 2.55 bits per heavy atom. The van der Waals surface area contributed by atoms with Crippen LogP contribution in [-0.2, 0) is 12.7 Å². The lowest BCUT2D eigenvalue weighted by Gasteiger charge is -2.18. The molecule has 0 N–H and O–H groups in total. The summed E-state index contributed by atoms with van der Waals surface area (Å²) >= 11 is 5.53. The molecule has 4 nitrogen and oxygen atoms in total. The number of hydrogen-bond donors (Lipinski definition) is 0. The standard InChI is InChI=1S/C12H11ClF3N3O/c1-7-3-4-8(20-7)6-19(2)10-5-9(12(14,15)16)17-11(13)18-10/h3-5H,6H2,1-2H3. The molecule has 0 aliphatic rings. The third-order valence-electron chi connectivity index (χ3n) is 2.56. The molecular weight excluding hydrogens is 295 g/mol. The fraction of sp³-hybridized carbons (Fsp3) is 0.333. The number of furan rings is 1. The molecule has 0 radical (unpaired) electrons. The van der Waals surface area contributed by atoms with Gasteiger partial charge in [0.25, 0.3) is 0 Å². The normalized spacial score (nSPS) is 11.7. The molecular formula is C12H11ClF3N3O. The van der Waals surface area contributed by atoms with Crippen molar-refractivity contribution in [1.29, 1.82) is 0 Å². The molecule has 0 spiro atoms. The van der Waals surface area contributed by atoms with Gasteiger partial charge < -0.3 is 9.32 Å². The summed E-state index contributed by atoms with van der Waals surface area (Å²) in [5, 5.41) is -0.447. The van der Waals surface area contributed by atoms with Crippen LogP contribution in [0.2, 0.25) is 5.28 Å². The summed E-state index contributed by atoms with van der Waals surface area (Å²) in [5.41, 5.74) is -1.07. The van der Waals surface area contributed by atoms with Crippen LogP contribution in [0, 0.1) is 6.92 Å². The molecule has 108 valence electrons. The maximum absolute atomic E-state index is 12.7. The SMILES string of the molecule is Cc1ccc(CN(C)c2cc(C(F)(F)F)nc(Cl)n2)o1. The molecule has 0 saturated heterocycles. The van der Waals surface area contributed by atoms with Gasteiger partial charge in [-0.05, 0) is 30.7 Å². The Hall–Kier alpha value is -1.76. The number of rotatable bonds is 3. The van der Waals surface area contributed by atoms with E-state index in [0.717, 1.165) is 11.8 Å². The van der Waals surface area contributed by atoms with Crippen LogP contribution in [0.5, 0.6) is 0 Å². The Bertz CT molecular complexity index is 612. The highest BCUT2D eigenvalue weighted by Gasteiger charge is 2.34. The summed E-state index contributed by atoms with van der Waals surface area (Å²) in [6.07, 6.45) is -4.57. The number of aryl methyl sites for hydroxylation is 1. The first-order valence-electron chi connectivity index (χ1n) is 5.64. The zero-order chi connectivity index (χ0) is 14.9. The Kier molecular flexibility index (Phi) is 3.89. The zero-order valence-electron chi connectivity index (χ0n) is 10.7. The molecule has 0 saturated carbocycles. The summed E-state index contributed by atoms with van der Waals surface area (Å²) in [7, 11) is 1.59. The van der Waals surface area contributed by atoms with Crippen molar-refractivity contribution in [2.45, 2.75) is 19.6 Å². The van der Waals surface area contributed by atoms with E-state index in [1.807, 2.05) is 0 Å². The van der Waals surface area contributed by atoms with Crippen molar-refractivity contribution in [1.82, 2.24) is 9.97 Å². The lowest BCUT2D eigenvalue weighted by Crippen LogP contribution is -2.19. The molecule has 0 aliphatic carbocycles. The van der Waals surface area contributed by atoms with Gasteiger partial charge in [0.15, 0.2) is 5.69 Å². The summed E-state index contributed by atoms with van der Waals surface area (Å²) < 4.78 is 43.3. The lowest BCUT2D eigenvalue weighted by atomic mass is 10.3. The molecule has 2 aromatic heterocycles. The molecule has 0 amide bonds. The minimum absolute atomic E-state index is 0.0754. The van der Waals surface area contributed by atoms with E-state index in [9.17, 15) is 13.2 Å². The fourth-order valence-electron chi connectivity index (χ4n) is 1.63.